The third-order valence-electron chi connectivity index (χ3n) is 8.54. The van der Waals surface area contributed by atoms with Crippen LogP contribution in [0.25, 0.3) is 11.0 Å². The predicted molar refractivity (Wildman–Crippen MR) is 151 cm³/mol. The molecule has 9 heteroatoms. The van der Waals surface area contributed by atoms with Crippen molar-refractivity contribution in [2.75, 3.05) is 31.5 Å². The molecule has 2 aliphatic heterocycles. The molecule has 2 atom stereocenters. The van der Waals surface area contributed by atoms with E-state index in [1.54, 1.807) is 10.8 Å². The van der Waals surface area contributed by atoms with Gasteiger partial charge in [-0.2, -0.15) is 4.98 Å². The fourth-order valence-corrected chi connectivity index (χ4v) is 6.21. The minimum absolute atomic E-state index is 0.00456. The Morgan fingerprint density at radius 3 is 2.38 bits per heavy atom. The molecule has 6 rings (SSSR count). The highest BCUT2D eigenvalue weighted by atomic mass is 16.2. The zero-order chi connectivity index (χ0) is 27.3. The summed E-state index contributed by atoms with van der Waals surface area (Å²) in [6, 6.07) is 9.30. The average molecular weight is 528 g/mol. The van der Waals surface area contributed by atoms with Crippen LogP contribution in [0.2, 0.25) is 0 Å². The van der Waals surface area contributed by atoms with Crippen molar-refractivity contribution in [3.63, 3.8) is 0 Å². The number of amides is 1. The molecule has 3 fully saturated rings. The molecule has 1 aromatic carbocycles. The molecule has 0 bridgehead atoms. The average Bonchev–Trinajstić information content (AvgIpc) is 3.70. The second kappa shape index (κ2) is 9.86. The topological polar surface area (TPSA) is 96.3 Å². The summed E-state index contributed by atoms with van der Waals surface area (Å²) in [6.07, 6.45) is 8.54. The number of nitrogens with zero attached hydrogens (tertiary/aromatic N) is 6. The van der Waals surface area contributed by atoms with E-state index >= 15 is 0 Å². The summed E-state index contributed by atoms with van der Waals surface area (Å²) in [4.78, 5) is 41.8. The Kier molecular flexibility index (Phi) is 6.49. The van der Waals surface area contributed by atoms with Gasteiger partial charge < -0.3 is 10.2 Å². The third-order valence-corrected chi connectivity index (χ3v) is 8.54. The molecular formula is C30H37N7O2. The Balaban J connectivity index is 1.14. The fraction of sp³-hybridized carbons (Fsp3) is 0.500. The quantitative estimate of drug-likeness (QED) is 0.418. The van der Waals surface area contributed by atoms with Crippen LogP contribution in [0.3, 0.4) is 0 Å². The molecule has 4 heterocycles. The summed E-state index contributed by atoms with van der Waals surface area (Å²) in [6.45, 7) is 13.4. The summed E-state index contributed by atoms with van der Waals surface area (Å²) < 4.78 is 1.60. The second-order valence-corrected chi connectivity index (χ2v) is 12.0. The zero-order valence-electron chi connectivity index (χ0n) is 23.0. The molecule has 1 saturated carbocycles. The monoisotopic (exact) mass is 527 g/mol. The summed E-state index contributed by atoms with van der Waals surface area (Å²) in [7, 11) is 0. The summed E-state index contributed by atoms with van der Waals surface area (Å²) in [5.41, 5.74) is 3.07. The van der Waals surface area contributed by atoms with Crippen molar-refractivity contribution in [2.45, 2.75) is 58.2 Å². The van der Waals surface area contributed by atoms with Gasteiger partial charge in [0.05, 0.1) is 11.4 Å². The lowest BCUT2D eigenvalue weighted by atomic mass is 9.71. The van der Waals surface area contributed by atoms with Crippen LogP contribution >= 0.6 is 0 Å². The van der Waals surface area contributed by atoms with Gasteiger partial charge in [0, 0.05) is 56.1 Å². The van der Waals surface area contributed by atoms with Crippen molar-refractivity contribution in [1.82, 2.24) is 29.3 Å². The standard InChI is InChI=1S/C30H37N7O2/c1-5-26(38)36-17-30(18-36)15-35(16-30)25(12-21-6-7-21)23-10-8-22(9-11-23)20(4)33-28-31-13-24-14-32-29(39)37(19(2)3)27(24)34-28/h5,8-11,13-14,19-21,25H,1,6-7,12,15-18H2,2-4H3,(H,31,33,34)/t20-,25?/m0/s1. The number of hydrogen-bond donors (Lipinski definition) is 1. The predicted octanol–water partition coefficient (Wildman–Crippen LogP) is 4.11. The Labute approximate surface area is 229 Å². The Morgan fingerprint density at radius 1 is 1.08 bits per heavy atom. The summed E-state index contributed by atoms with van der Waals surface area (Å²) in [5, 5.41) is 4.15. The molecule has 1 aliphatic carbocycles. The van der Waals surface area contributed by atoms with E-state index < -0.39 is 0 Å². The van der Waals surface area contributed by atoms with Gasteiger partial charge in [0.1, 0.15) is 0 Å². The number of rotatable bonds is 9. The van der Waals surface area contributed by atoms with E-state index in [9.17, 15) is 9.59 Å². The lowest BCUT2D eigenvalue weighted by Gasteiger charge is -2.62. The van der Waals surface area contributed by atoms with Crippen molar-refractivity contribution >= 4 is 22.9 Å². The lowest BCUT2D eigenvalue weighted by Crippen LogP contribution is -2.73. The van der Waals surface area contributed by atoms with Crippen molar-refractivity contribution < 1.29 is 4.79 Å². The molecule has 2 aromatic heterocycles. The number of benzene rings is 1. The van der Waals surface area contributed by atoms with Crippen LogP contribution in [0, 0.1) is 11.3 Å². The van der Waals surface area contributed by atoms with Crippen LogP contribution in [-0.2, 0) is 4.79 Å². The summed E-state index contributed by atoms with van der Waals surface area (Å²) >= 11 is 0. The molecule has 204 valence electrons. The van der Waals surface area contributed by atoms with Crippen LogP contribution in [0.1, 0.15) is 69.3 Å². The molecule has 2 saturated heterocycles. The van der Waals surface area contributed by atoms with Crippen LogP contribution in [0.4, 0.5) is 5.95 Å². The zero-order valence-corrected chi connectivity index (χ0v) is 23.0. The van der Waals surface area contributed by atoms with Crippen LogP contribution in [0.15, 0.2) is 54.1 Å². The van der Waals surface area contributed by atoms with Gasteiger partial charge in [-0.25, -0.2) is 14.8 Å². The van der Waals surface area contributed by atoms with Gasteiger partial charge in [-0.1, -0.05) is 43.7 Å². The minimum Gasteiger partial charge on any atom is -0.348 e. The lowest BCUT2D eigenvalue weighted by molar-refractivity contribution is -0.159. The first-order chi connectivity index (χ1) is 18.7. The first-order valence-electron chi connectivity index (χ1n) is 14.0. The molecular weight excluding hydrogens is 490 g/mol. The van der Waals surface area contributed by atoms with Crippen LogP contribution in [-0.4, -0.2) is 61.4 Å². The highest BCUT2D eigenvalue weighted by Gasteiger charge is 2.54. The second-order valence-electron chi connectivity index (χ2n) is 12.0. The number of hydrogen-bond acceptors (Lipinski definition) is 7. The summed E-state index contributed by atoms with van der Waals surface area (Å²) in [5.74, 6) is 1.36. The molecule has 1 spiro atoms. The van der Waals surface area contributed by atoms with E-state index in [2.05, 4.69) is 62.9 Å². The Hall–Kier alpha value is -3.59. The number of anilines is 1. The maximum atomic E-state index is 12.3. The van der Waals surface area contributed by atoms with Gasteiger partial charge in [0.25, 0.3) is 0 Å². The number of carbonyl (C=O) groups is 1. The number of fused-ring (bicyclic) bond motifs is 1. The SMILES string of the molecule is C=CC(=O)N1CC2(C1)CN(C(CC1CC1)c1ccc([C@H](C)Nc3ncc4cnc(=O)n(C(C)C)c4n3)cc1)C2. The molecule has 9 nitrogen and oxygen atoms in total. The largest absolute Gasteiger partial charge is 0.349 e. The molecule has 1 unspecified atom stereocenters. The number of likely N-dealkylation sites (tertiary alicyclic amines) is 2. The molecule has 3 aromatic rings. The highest BCUT2D eigenvalue weighted by Crippen LogP contribution is 2.48. The maximum absolute atomic E-state index is 12.3. The molecule has 1 N–H and O–H groups in total. The van der Waals surface area contributed by atoms with Crippen LogP contribution < -0.4 is 11.0 Å². The molecule has 3 aliphatic rings. The van der Waals surface area contributed by atoms with Gasteiger partial charge in [-0.05, 0) is 50.3 Å². The fourth-order valence-electron chi connectivity index (χ4n) is 6.21. The van der Waals surface area contributed by atoms with Crippen molar-refractivity contribution in [2.24, 2.45) is 11.3 Å². The maximum Gasteiger partial charge on any atom is 0.349 e. The van der Waals surface area contributed by atoms with E-state index in [1.807, 2.05) is 18.7 Å². The van der Waals surface area contributed by atoms with E-state index in [-0.39, 0.29) is 29.1 Å². The third kappa shape index (κ3) is 4.95. The number of aromatic nitrogens is 4. The van der Waals surface area contributed by atoms with Gasteiger partial charge in [0.2, 0.25) is 11.9 Å². The normalized spacial score (nSPS) is 19.9. The van der Waals surface area contributed by atoms with Gasteiger partial charge >= 0.3 is 5.69 Å². The first-order valence-corrected chi connectivity index (χ1v) is 14.0. The van der Waals surface area contributed by atoms with Gasteiger partial charge in [0.15, 0.2) is 5.65 Å². The van der Waals surface area contributed by atoms with Crippen molar-refractivity contribution in [3.8, 4) is 0 Å². The molecule has 0 radical (unpaired) electrons. The highest BCUT2D eigenvalue weighted by molar-refractivity contribution is 5.87. The van der Waals surface area contributed by atoms with E-state index in [1.165, 1.54) is 37.1 Å². The Morgan fingerprint density at radius 2 is 1.74 bits per heavy atom. The number of carbonyl (C=O) groups excluding carboxylic acids is 1. The first kappa shape index (κ1) is 25.7. The minimum atomic E-state index is -0.306. The van der Waals surface area contributed by atoms with Gasteiger partial charge in [-0.15, -0.1) is 0 Å². The van der Waals surface area contributed by atoms with Crippen molar-refractivity contribution in [1.29, 1.82) is 0 Å². The van der Waals surface area contributed by atoms with E-state index in [0.717, 1.165) is 43.0 Å². The van der Waals surface area contributed by atoms with Crippen molar-refractivity contribution in [3.05, 3.63) is 70.9 Å². The van der Waals surface area contributed by atoms with E-state index in [0.29, 0.717) is 17.6 Å². The molecule has 39 heavy (non-hydrogen) atoms. The molecule has 1 amide bonds. The number of nitrogens with one attached hydrogen (secondary N) is 1. The van der Waals surface area contributed by atoms with E-state index in [4.69, 9.17) is 0 Å². The van der Waals surface area contributed by atoms with Crippen LogP contribution in [0.5, 0.6) is 0 Å². The smallest absolute Gasteiger partial charge is 0.348 e. The van der Waals surface area contributed by atoms with Gasteiger partial charge in [-0.3, -0.25) is 14.3 Å². The Bertz CT molecular complexity index is 1450.